The zero-order valence-electron chi connectivity index (χ0n) is 29.3. The predicted octanol–water partition coefficient (Wildman–Crippen LogP) is 11.9. The highest BCUT2D eigenvalue weighted by Gasteiger charge is 2.15. The molecule has 5 rings (SSSR count). The summed E-state index contributed by atoms with van der Waals surface area (Å²) in [4.78, 5) is 2.31. The van der Waals surface area contributed by atoms with E-state index in [0.717, 1.165) is 44.6 Å². The average molecular weight is 629 g/mol. The lowest BCUT2D eigenvalue weighted by atomic mass is 10.0. The number of nitrogens with zero attached hydrogens (tertiary/aromatic N) is 2. The third-order valence-corrected chi connectivity index (χ3v) is 8.18. The van der Waals surface area contributed by atoms with Gasteiger partial charge in [0.15, 0.2) is 0 Å². The average Bonchev–Trinajstić information content (AvgIpc) is 3.38. The van der Waals surface area contributed by atoms with Crippen LogP contribution in [0, 0.1) is 6.92 Å². The van der Waals surface area contributed by atoms with Crippen molar-refractivity contribution in [3.8, 4) is 16.8 Å². The van der Waals surface area contributed by atoms with Gasteiger partial charge in [0.05, 0.1) is 5.35 Å². The maximum atomic E-state index is 4.42. The van der Waals surface area contributed by atoms with E-state index < -0.39 is 0 Å². The van der Waals surface area contributed by atoms with E-state index in [-0.39, 0.29) is 0 Å². The van der Waals surface area contributed by atoms with Crippen LogP contribution < -0.4 is 15.5 Å². The molecule has 1 aromatic heterocycles. The molecule has 2 heteroatoms. The Balaban J connectivity index is 0.00000255. The van der Waals surface area contributed by atoms with Gasteiger partial charge >= 0.3 is 0 Å². The minimum absolute atomic E-state index is 1.02. The van der Waals surface area contributed by atoms with Gasteiger partial charge in [0.25, 0.3) is 0 Å². The summed E-state index contributed by atoms with van der Waals surface area (Å²) in [6, 6.07) is 36.9. The van der Waals surface area contributed by atoms with E-state index in [9.17, 15) is 0 Å². The normalized spacial score (nSPS) is 12.1. The fourth-order valence-corrected chi connectivity index (χ4v) is 5.75. The van der Waals surface area contributed by atoms with Crippen molar-refractivity contribution in [2.45, 2.75) is 41.5 Å². The van der Waals surface area contributed by atoms with Crippen LogP contribution in [0.25, 0.3) is 41.1 Å². The molecule has 1 heterocycles. The predicted molar refractivity (Wildman–Crippen MR) is 214 cm³/mol. The number of hydrogen-bond donors (Lipinski definition) is 0. The van der Waals surface area contributed by atoms with Crippen LogP contribution in [0.1, 0.15) is 51.4 Å². The Hall–Kier alpha value is -5.60. The Morgan fingerprint density at radius 2 is 1.25 bits per heavy atom. The van der Waals surface area contributed by atoms with Crippen LogP contribution in [0.2, 0.25) is 0 Å². The number of allylic oxidation sites excluding steroid dienone is 8. The van der Waals surface area contributed by atoms with E-state index in [4.69, 9.17) is 0 Å². The van der Waals surface area contributed by atoms with Crippen LogP contribution in [0.3, 0.4) is 0 Å². The standard InChI is InChI=1S/C44H42N2.C2H6/c1-7-11-19-43-33(5)34(6)44(20-12-8-2)46(43)42-31-29-41(30-32-42)45(39-25-21-37(22-26-39)35(10-4)16-9-3)40-27-23-38(24-28-40)36-17-14-13-15-18-36;1-2/h7-32H,1,6H2,2-5H3;1-2H3/b12-8-,16-9-,19-11-,35-10+,44-20+;. The van der Waals surface area contributed by atoms with Gasteiger partial charge in [-0.15, -0.1) is 0 Å². The van der Waals surface area contributed by atoms with E-state index >= 15 is 0 Å². The molecule has 0 saturated carbocycles. The SMILES string of the molecule is C=C/C=C\c1c(C)c(=C)/c(=C\C=C/C)n1-c1ccc(N(c2ccc(C(/C=C\C)=C/C)cc2)c2ccc(-c3ccccc3)cc2)cc1.CC. The summed E-state index contributed by atoms with van der Waals surface area (Å²) in [7, 11) is 0. The zero-order valence-corrected chi connectivity index (χ0v) is 29.3. The molecule has 0 spiro atoms. The fraction of sp³-hybridized carbons (Fsp3) is 0.130. The first-order chi connectivity index (χ1) is 23.5. The zero-order chi connectivity index (χ0) is 34.5. The van der Waals surface area contributed by atoms with Gasteiger partial charge in [-0.1, -0.05) is 124 Å². The Labute approximate surface area is 288 Å². The second-order valence-corrected chi connectivity index (χ2v) is 11.1. The third kappa shape index (κ3) is 7.85. The minimum Gasteiger partial charge on any atom is -0.311 e. The Bertz CT molecular complexity index is 2010. The van der Waals surface area contributed by atoms with Crippen LogP contribution in [0.5, 0.6) is 0 Å². The largest absolute Gasteiger partial charge is 0.311 e. The van der Waals surface area contributed by atoms with Gasteiger partial charge in [0, 0.05) is 28.4 Å². The van der Waals surface area contributed by atoms with Crippen molar-refractivity contribution < 1.29 is 0 Å². The molecule has 0 aliphatic rings. The van der Waals surface area contributed by atoms with Gasteiger partial charge < -0.3 is 9.47 Å². The molecule has 2 nitrogen and oxygen atoms in total. The molecule has 5 aromatic rings. The van der Waals surface area contributed by atoms with E-state index in [1.54, 1.807) is 0 Å². The molecule has 0 bridgehead atoms. The molecule has 0 unspecified atom stereocenters. The highest BCUT2D eigenvalue weighted by atomic mass is 15.1. The van der Waals surface area contributed by atoms with Crippen molar-refractivity contribution in [2.75, 3.05) is 4.90 Å². The van der Waals surface area contributed by atoms with Gasteiger partial charge in [0.1, 0.15) is 0 Å². The van der Waals surface area contributed by atoms with E-state index in [0.29, 0.717) is 0 Å². The topological polar surface area (TPSA) is 8.17 Å². The van der Waals surface area contributed by atoms with Crippen molar-refractivity contribution in [3.05, 3.63) is 180 Å². The molecule has 242 valence electrons. The van der Waals surface area contributed by atoms with Gasteiger partial charge in [-0.3, -0.25) is 0 Å². The van der Waals surface area contributed by atoms with E-state index in [1.165, 1.54) is 22.3 Å². The molecule has 0 radical (unpaired) electrons. The van der Waals surface area contributed by atoms with E-state index in [1.807, 2.05) is 39.0 Å². The summed E-state index contributed by atoms with van der Waals surface area (Å²) in [5, 5.41) is 2.08. The molecule has 0 N–H and O–H groups in total. The van der Waals surface area contributed by atoms with Crippen molar-refractivity contribution in [1.82, 2.24) is 4.57 Å². The lowest BCUT2D eigenvalue weighted by Gasteiger charge is -2.26. The highest BCUT2D eigenvalue weighted by molar-refractivity contribution is 5.81. The Morgan fingerprint density at radius 1 is 0.688 bits per heavy atom. The Kier molecular flexibility index (Phi) is 12.7. The first-order valence-corrected chi connectivity index (χ1v) is 16.8. The van der Waals surface area contributed by atoms with Crippen molar-refractivity contribution >= 4 is 41.4 Å². The fourth-order valence-electron chi connectivity index (χ4n) is 5.75. The molecule has 48 heavy (non-hydrogen) atoms. The summed E-state index contributed by atoms with van der Waals surface area (Å²) in [5.41, 5.74) is 11.4. The molecular weight excluding hydrogens is 581 g/mol. The van der Waals surface area contributed by atoms with Crippen LogP contribution >= 0.6 is 0 Å². The summed E-state index contributed by atoms with van der Waals surface area (Å²) in [6.07, 6.45) is 18.5. The number of aromatic nitrogens is 1. The number of rotatable bonds is 10. The maximum Gasteiger partial charge on any atom is 0.0531 e. The molecular formula is C46H48N2. The first kappa shape index (κ1) is 35.3. The monoisotopic (exact) mass is 628 g/mol. The van der Waals surface area contributed by atoms with Crippen molar-refractivity contribution in [1.29, 1.82) is 0 Å². The number of benzene rings is 4. The minimum atomic E-state index is 1.02. The molecule has 4 aromatic carbocycles. The van der Waals surface area contributed by atoms with Gasteiger partial charge in [0.2, 0.25) is 0 Å². The molecule has 0 atom stereocenters. The lowest BCUT2D eigenvalue weighted by Crippen LogP contribution is -2.28. The van der Waals surface area contributed by atoms with Crippen LogP contribution in [-0.2, 0) is 0 Å². The molecule has 0 fully saturated rings. The summed E-state index contributed by atoms with van der Waals surface area (Å²) >= 11 is 0. The summed E-state index contributed by atoms with van der Waals surface area (Å²) in [6.45, 7) is 20.6. The van der Waals surface area contributed by atoms with Crippen molar-refractivity contribution in [3.63, 3.8) is 0 Å². The second-order valence-electron chi connectivity index (χ2n) is 11.1. The third-order valence-electron chi connectivity index (χ3n) is 8.18. The second kappa shape index (κ2) is 17.4. The molecule has 0 aliphatic heterocycles. The maximum absolute atomic E-state index is 4.42. The van der Waals surface area contributed by atoms with Gasteiger partial charge in [-0.2, -0.15) is 0 Å². The lowest BCUT2D eigenvalue weighted by molar-refractivity contribution is 1.01. The highest BCUT2D eigenvalue weighted by Crippen LogP contribution is 2.36. The first-order valence-electron chi connectivity index (χ1n) is 16.8. The van der Waals surface area contributed by atoms with Gasteiger partial charge in [-0.05, 0) is 121 Å². The number of anilines is 3. The van der Waals surface area contributed by atoms with Crippen LogP contribution in [0.15, 0.2) is 152 Å². The smallest absolute Gasteiger partial charge is 0.0531 e. The molecule has 0 aliphatic carbocycles. The van der Waals surface area contributed by atoms with Crippen LogP contribution in [0.4, 0.5) is 17.1 Å². The van der Waals surface area contributed by atoms with Crippen LogP contribution in [-0.4, -0.2) is 4.57 Å². The van der Waals surface area contributed by atoms with Crippen molar-refractivity contribution in [2.24, 2.45) is 0 Å². The van der Waals surface area contributed by atoms with E-state index in [2.05, 4.69) is 183 Å². The summed E-state index contributed by atoms with van der Waals surface area (Å²) < 4.78 is 2.27. The molecule has 0 saturated heterocycles. The quantitative estimate of drug-likeness (QED) is 0.140. The van der Waals surface area contributed by atoms with Gasteiger partial charge in [-0.25, -0.2) is 0 Å². The Morgan fingerprint density at radius 3 is 1.79 bits per heavy atom. The molecule has 0 amide bonds. The summed E-state index contributed by atoms with van der Waals surface area (Å²) in [5.74, 6) is 0. The number of hydrogen-bond acceptors (Lipinski definition) is 1.